The standard InChI is InChI=1S/C13H19FN2O2/c1-3-9(2)16-13(17)8-18-12-5-10(7-15)4-11(14)6-12/h4-6,9H,3,7-8,15H2,1-2H3,(H,16,17). The smallest absolute Gasteiger partial charge is 0.258 e. The van der Waals surface area contributed by atoms with Crippen LogP contribution in [0.25, 0.3) is 0 Å². The Kier molecular flexibility index (Phi) is 5.58. The number of carbonyl (C=O) groups excluding carboxylic acids is 1. The summed E-state index contributed by atoms with van der Waals surface area (Å²) in [6.07, 6.45) is 0.850. The number of carbonyl (C=O) groups is 1. The number of hydrogen-bond acceptors (Lipinski definition) is 3. The van der Waals surface area contributed by atoms with E-state index in [1.54, 1.807) is 6.07 Å². The number of hydrogen-bond donors (Lipinski definition) is 2. The minimum Gasteiger partial charge on any atom is -0.484 e. The van der Waals surface area contributed by atoms with Gasteiger partial charge >= 0.3 is 0 Å². The Morgan fingerprint density at radius 1 is 1.50 bits per heavy atom. The van der Waals surface area contributed by atoms with Gasteiger partial charge in [0.25, 0.3) is 5.91 Å². The molecule has 0 radical (unpaired) electrons. The van der Waals surface area contributed by atoms with Crippen molar-refractivity contribution in [3.05, 3.63) is 29.6 Å². The third-order valence-electron chi connectivity index (χ3n) is 2.56. The molecule has 5 heteroatoms. The zero-order valence-corrected chi connectivity index (χ0v) is 10.7. The van der Waals surface area contributed by atoms with Crippen molar-refractivity contribution in [3.63, 3.8) is 0 Å². The van der Waals surface area contributed by atoms with Crippen molar-refractivity contribution in [1.29, 1.82) is 0 Å². The van der Waals surface area contributed by atoms with Gasteiger partial charge in [0.2, 0.25) is 0 Å². The predicted octanol–water partition coefficient (Wildman–Crippen LogP) is 1.58. The molecule has 1 atom stereocenters. The lowest BCUT2D eigenvalue weighted by Crippen LogP contribution is -2.35. The van der Waals surface area contributed by atoms with Gasteiger partial charge in [-0.2, -0.15) is 0 Å². The van der Waals surface area contributed by atoms with Gasteiger partial charge in [0.1, 0.15) is 11.6 Å². The van der Waals surface area contributed by atoms with Gasteiger partial charge in [0.05, 0.1) is 0 Å². The molecule has 0 spiro atoms. The highest BCUT2D eigenvalue weighted by atomic mass is 19.1. The Morgan fingerprint density at radius 2 is 2.22 bits per heavy atom. The summed E-state index contributed by atoms with van der Waals surface area (Å²) in [4.78, 5) is 11.5. The molecule has 0 fully saturated rings. The molecule has 0 aliphatic carbocycles. The third kappa shape index (κ3) is 4.71. The molecule has 0 saturated heterocycles. The molecular weight excluding hydrogens is 235 g/mol. The number of amides is 1. The van der Waals surface area contributed by atoms with Crippen molar-refractivity contribution in [2.24, 2.45) is 5.73 Å². The van der Waals surface area contributed by atoms with E-state index in [9.17, 15) is 9.18 Å². The maximum Gasteiger partial charge on any atom is 0.258 e. The van der Waals surface area contributed by atoms with Crippen LogP contribution in [0.1, 0.15) is 25.8 Å². The van der Waals surface area contributed by atoms with Crippen molar-refractivity contribution in [3.8, 4) is 5.75 Å². The molecule has 1 rings (SSSR count). The molecule has 0 heterocycles. The first-order valence-electron chi connectivity index (χ1n) is 5.96. The number of halogens is 1. The molecule has 0 aliphatic rings. The second kappa shape index (κ2) is 6.96. The lowest BCUT2D eigenvalue weighted by Gasteiger charge is -2.12. The van der Waals surface area contributed by atoms with E-state index in [1.165, 1.54) is 12.1 Å². The molecule has 1 aromatic carbocycles. The molecule has 0 aliphatic heterocycles. The lowest BCUT2D eigenvalue weighted by atomic mass is 10.2. The number of ether oxygens (including phenoxy) is 1. The topological polar surface area (TPSA) is 64.3 Å². The summed E-state index contributed by atoms with van der Waals surface area (Å²) >= 11 is 0. The monoisotopic (exact) mass is 254 g/mol. The summed E-state index contributed by atoms with van der Waals surface area (Å²) in [7, 11) is 0. The highest BCUT2D eigenvalue weighted by Crippen LogP contribution is 2.16. The highest BCUT2D eigenvalue weighted by molar-refractivity contribution is 5.77. The van der Waals surface area contributed by atoms with Crippen molar-refractivity contribution < 1.29 is 13.9 Å². The average molecular weight is 254 g/mol. The SMILES string of the molecule is CCC(C)NC(=O)COc1cc(F)cc(CN)c1. The number of rotatable bonds is 6. The number of nitrogens with one attached hydrogen (secondary N) is 1. The van der Waals surface area contributed by atoms with Crippen LogP contribution in [0, 0.1) is 5.82 Å². The molecule has 0 aromatic heterocycles. The summed E-state index contributed by atoms with van der Waals surface area (Å²) in [6, 6.07) is 4.30. The molecule has 4 nitrogen and oxygen atoms in total. The lowest BCUT2D eigenvalue weighted by molar-refractivity contribution is -0.123. The van der Waals surface area contributed by atoms with E-state index in [0.29, 0.717) is 11.3 Å². The van der Waals surface area contributed by atoms with E-state index >= 15 is 0 Å². The van der Waals surface area contributed by atoms with Crippen LogP contribution in [-0.4, -0.2) is 18.6 Å². The highest BCUT2D eigenvalue weighted by Gasteiger charge is 2.07. The average Bonchev–Trinajstić information content (AvgIpc) is 2.35. The van der Waals surface area contributed by atoms with Gasteiger partial charge < -0.3 is 15.8 Å². The number of nitrogens with two attached hydrogens (primary N) is 1. The van der Waals surface area contributed by atoms with Crippen LogP contribution in [0.15, 0.2) is 18.2 Å². The first kappa shape index (κ1) is 14.4. The van der Waals surface area contributed by atoms with Crippen LogP contribution >= 0.6 is 0 Å². The summed E-state index contributed by atoms with van der Waals surface area (Å²) in [5.41, 5.74) is 6.06. The van der Waals surface area contributed by atoms with Crippen LogP contribution in [0.4, 0.5) is 4.39 Å². The number of benzene rings is 1. The summed E-state index contributed by atoms with van der Waals surface area (Å²) < 4.78 is 18.4. The van der Waals surface area contributed by atoms with Gasteiger partial charge in [-0.25, -0.2) is 4.39 Å². The van der Waals surface area contributed by atoms with Crippen molar-refractivity contribution in [1.82, 2.24) is 5.32 Å². The third-order valence-corrected chi connectivity index (χ3v) is 2.56. The van der Waals surface area contributed by atoms with Crippen molar-refractivity contribution in [2.45, 2.75) is 32.9 Å². The first-order chi connectivity index (χ1) is 8.55. The molecule has 0 saturated carbocycles. The first-order valence-corrected chi connectivity index (χ1v) is 5.96. The van der Waals surface area contributed by atoms with Crippen LogP contribution in [0.2, 0.25) is 0 Å². The Hall–Kier alpha value is -1.62. The molecule has 1 amide bonds. The van der Waals surface area contributed by atoms with E-state index in [1.807, 2.05) is 13.8 Å². The zero-order chi connectivity index (χ0) is 13.5. The Bertz CT molecular complexity index is 410. The van der Waals surface area contributed by atoms with Gasteiger partial charge in [-0.1, -0.05) is 6.92 Å². The summed E-state index contributed by atoms with van der Waals surface area (Å²) in [5.74, 6) is -0.326. The molecule has 0 bridgehead atoms. The van der Waals surface area contributed by atoms with E-state index < -0.39 is 5.82 Å². The molecule has 1 unspecified atom stereocenters. The van der Waals surface area contributed by atoms with E-state index in [0.717, 1.165) is 6.42 Å². The molecule has 1 aromatic rings. The van der Waals surface area contributed by atoms with E-state index in [4.69, 9.17) is 10.5 Å². The summed E-state index contributed by atoms with van der Waals surface area (Å²) in [5, 5.41) is 2.76. The quantitative estimate of drug-likeness (QED) is 0.810. The fraction of sp³-hybridized carbons (Fsp3) is 0.462. The van der Waals surface area contributed by atoms with Gasteiger partial charge in [-0.15, -0.1) is 0 Å². The Morgan fingerprint density at radius 3 is 2.83 bits per heavy atom. The Labute approximate surface area is 106 Å². The minimum atomic E-state index is -0.421. The largest absolute Gasteiger partial charge is 0.484 e. The van der Waals surface area contributed by atoms with Crippen LogP contribution in [0.3, 0.4) is 0 Å². The van der Waals surface area contributed by atoms with E-state index in [2.05, 4.69) is 5.32 Å². The molecule has 100 valence electrons. The maximum absolute atomic E-state index is 13.2. The van der Waals surface area contributed by atoms with Crippen LogP contribution in [-0.2, 0) is 11.3 Å². The maximum atomic E-state index is 13.2. The molecule has 3 N–H and O–H groups in total. The van der Waals surface area contributed by atoms with Gasteiger partial charge in [0, 0.05) is 18.7 Å². The zero-order valence-electron chi connectivity index (χ0n) is 10.7. The minimum absolute atomic E-state index is 0.105. The van der Waals surface area contributed by atoms with Crippen molar-refractivity contribution >= 4 is 5.91 Å². The Balaban J connectivity index is 2.52. The van der Waals surface area contributed by atoms with Gasteiger partial charge in [-0.3, -0.25) is 4.79 Å². The fourth-order valence-electron chi connectivity index (χ4n) is 1.39. The summed E-state index contributed by atoms with van der Waals surface area (Å²) in [6.45, 7) is 3.99. The van der Waals surface area contributed by atoms with E-state index in [-0.39, 0.29) is 25.1 Å². The van der Waals surface area contributed by atoms with Crippen LogP contribution in [0.5, 0.6) is 5.75 Å². The molecular formula is C13H19FN2O2. The van der Waals surface area contributed by atoms with Crippen molar-refractivity contribution in [2.75, 3.05) is 6.61 Å². The van der Waals surface area contributed by atoms with Crippen LogP contribution < -0.4 is 15.8 Å². The van der Waals surface area contributed by atoms with Gasteiger partial charge in [-0.05, 0) is 31.0 Å². The second-order valence-electron chi connectivity index (χ2n) is 4.16. The normalized spacial score (nSPS) is 12.0. The fourth-order valence-corrected chi connectivity index (χ4v) is 1.39. The molecule has 18 heavy (non-hydrogen) atoms. The predicted molar refractivity (Wildman–Crippen MR) is 67.7 cm³/mol. The van der Waals surface area contributed by atoms with Gasteiger partial charge in [0.15, 0.2) is 6.61 Å². The second-order valence-corrected chi connectivity index (χ2v) is 4.16.